The maximum Gasteiger partial charge on any atom is 0.308 e. The third kappa shape index (κ3) is 4.93. The van der Waals surface area contributed by atoms with Gasteiger partial charge in [0.15, 0.2) is 0 Å². The zero-order valence-corrected chi connectivity index (χ0v) is 18.0. The standard InChI is InChI=1S/C24H23FN2O6/c1-15(28)33-19-10-8-18(9-11-19)27-22(29)13-21(24(27)31)26(14-20-3-2-12-32-20)23(30)16-4-6-17(25)7-5-16/h4-11,20-21H,2-3,12-14H2,1H3. The zero-order chi connectivity index (χ0) is 23.5. The molecule has 0 saturated carbocycles. The van der Waals surface area contributed by atoms with Crippen molar-refractivity contribution < 1.29 is 33.0 Å². The molecular formula is C24H23FN2O6. The normalized spacial score (nSPS) is 20.2. The van der Waals surface area contributed by atoms with Crippen LogP contribution < -0.4 is 9.64 Å². The second-order valence-electron chi connectivity index (χ2n) is 7.97. The summed E-state index contributed by atoms with van der Waals surface area (Å²) in [5, 5.41) is 0. The van der Waals surface area contributed by atoms with Gasteiger partial charge in [0.05, 0.1) is 18.2 Å². The van der Waals surface area contributed by atoms with E-state index in [4.69, 9.17) is 9.47 Å². The number of nitrogens with zero attached hydrogens (tertiary/aromatic N) is 2. The van der Waals surface area contributed by atoms with E-state index in [0.29, 0.717) is 12.3 Å². The summed E-state index contributed by atoms with van der Waals surface area (Å²) in [6.07, 6.45) is 1.17. The number of benzene rings is 2. The zero-order valence-electron chi connectivity index (χ0n) is 18.0. The SMILES string of the molecule is CC(=O)Oc1ccc(N2C(=O)CC(N(CC3CCCO3)C(=O)c3ccc(F)cc3)C2=O)cc1. The van der Waals surface area contributed by atoms with Crippen molar-refractivity contribution in [2.75, 3.05) is 18.1 Å². The molecule has 3 amide bonds. The third-order valence-electron chi connectivity index (χ3n) is 5.63. The molecule has 2 heterocycles. The molecule has 2 aromatic carbocycles. The highest BCUT2D eigenvalue weighted by atomic mass is 19.1. The minimum atomic E-state index is -1.01. The molecule has 33 heavy (non-hydrogen) atoms. The van der Waals surface area contributed by atoms with Crippen molar-refractivity contribution in [3.63, 3.8) is 0 Å². The summed E-state index contributed by atoms with van der Waals surface area (Å²) in [5.41, 5.74) is 0.536. The van der Waals surface area contributed by atoms with Gasteiger partial charge in [0.25, 0.3) is 11.8 Å². The number of hydrogen-bond acceptors (Lipinski definition) is 6. The summed E-state index contributed by atoms with van der Waals surface area (Å²) < 4.78 is 24.0. The third-order valence-corrected chi connectivity index (χ3v) is 5.63. The number of hydrogen-bond donors (Lipinski definition) is 0. The summed E-state index contributed by atoms with van der Waals surface area (Å²) in [4.78, 5) is 52.9. The molecule has 8 nitrogen and oxygen atoms in total. The molecule has 2 unspecified atom stereocenters. The van der Waals surface area contributed by atoms with Crippen molar-refractivity contribution in [1.82, 2.24) is 4.90 Å². The molecule has 0 bridgehead atoms. The molecule has 9 heteroatoms. The minimum absolute atomic E-state index is 0.152. The van der Waals surface area contributed by atoms with Gasteiger partial charge in [0.1, 0.15) is 17.6 Å². The quantitative estimate of drug-likeness (QED) is 0.379. The van der Waals surface area contributed by atoms with Gasteiger partial charge in [0, 0.05) is 25.6 Å². The Balaban J connectivity index is 1.59. The minimum Gasteiger partial charge on any atom is -0.427 e. The van der Waals surface area contributed by atoms with Gasteiger partial charge in [-0.05, 0) is 61.4 Å². The Bertz CT molecular complexity index is 1060. The van der Waals surface area contributed by atoms with Crippen LogP contribution in [0, 0.1) is 5.82 Å². The van der Waals surface area contributed by atoms with E-state index in [-0.39, 0.29) is 30.4 Å². The van der Waals surface area contributed by atoms with E-state index < -0.39 is 35.5 Å². The molecule has 4 rings (SSSR count). The van der Waals surface area contributed by atoms with Crippen molar-refractivity contribution in [1.29, 1.82) is 0 Å². The second kappa shape index (κ2) is 9.50. The lowest BCUT2D eigenvalue weighted by Crippen LogP contribution is -2.48. The molecule has 0 radical (unpaired) electrons. The van der Waals surface area contributed by atoms with Crippen molar-refractivity contribution in [2.24, 2.45) is 0 Å². The maximum absolute atomic E-state index is 13.4. The van der Waals surface area contributed by atoms with Crippen molar-refractivity contribution >= 4 is 29.4 Å². The number of esters is 1. The van der Waals surface area contributed by atoms with E-state index in [1.807, 2.05) is 0 Å². The van der Waals surface area contributed by atoms with Crippen LogP contribution in [-0.2, 0) is 19.1 Å². The highest BCUT2D eigenvalue weighted by molar-refractivity contribution is 6.23. The monoisotopic (exact) mass is 454 g/mol. The molecule has 2 atom stereocenters. The van der Waals surface area contributed by atoms with Crippen LogP contribution in [0.3, 0.4) is 0 Å². The molecule has 2 aliphatic rings. The highest BCUT2D eigenvalue weighted by Crippen LogP contribution is 2.29. The van der Waals surface area contributed by atoms with Crippen molar-refractivity contribution in [3.8, 4) is 5.75 Å². The highest BCUT2D eigenvalue weighted by Gasteiger charge is 2.45. The van der Waals surface area contributed by atoms with Gasteiger partial charge >= 0.3 is 5.97 Å². The molecule has 0 aliphatic carbocycles. The molecule has 0 aromatic heterocycles. The summed E-state index contributed by atoms with van der Waals surface area (Å²) >= 11 is 0. The number of halogens is 1. The molecule has 0 spiro atoms. The smallest absolute Gasteiger partial charge is 0.308 e. The Morgan fingerprint density at radius 1 is 1.12 bits per heavy atom. The van der Waals surface area contributed by atoms with Crippen LogP contribution >= 0.6 is 0 Å². The van der Waals surface area contributed by atoms with Gasteiger partial charge in [-0.1, -0.05) is 0 Å². The van der Waals surface area contributed by atoms with Gasteiger partial charge in [-0.25, -0.2) is 9.29 Å². The first kappa shape index (κ1) is 22.6. The fourth-order valence-electron chi connectivity index (χ4n) is 4.08. The Kier molecular flexibility index (Phi) is 6.50. The predicted molar refractivity (Wildman–Crippen MR) is 115 cm³/mol. The molecule has 172 valence electrons. The number of amides is 3. The average molecular weight is 454 g/mol. The van der Waals surface area contributed by atoms with Crippen LogP contribution in [0.1, 0.15) is 36.5 Å². The number of imide groups is 1. The first-order chi connectivity index (χ1) is 15.8. The molecule has 0 N–H and O–H groups in total. The summed E-state index contributed by atoms with van der Waals surface area (Å²) in [6, 6.07) is 10.0. The van der Waals surface area contributed by atoms with Gasteiger partial charge in [-0.3, -0.25) is 19.2 Å². The van der Waals surface area contributed by atoms with Crippen LogP contribution in [0.4, 0.5) is 10.1 Å². The fraction of sp³-hybridized carbons (Fsp3) is 0.333. The Morgan fingerprint density at radius 2 is 1.82 bits per heavy atom. The van der Waals surface area contributed by atoms with E-state index in [1.54, 1.807) is 0 Å². The number of carbonyl (C=O) groups is 4. The van der Waals surface area contributed by atoms with Crippen LogP contribution in [0.5, 0.6) is 5.75 Å². The summed E-state index contributed by atoms with van der Waals surface area (Å²) in [5.74, 6) is -2.13. The van der Waals surface area contributed by atoms with Gasteiger partial charge in [-0.2, -0.15) is 0 Å². The molecule has 2 aliphatic heterocycles. The summed E-state index contributed by atoms with van der Waals surface area (Å²) in [7, 11) is 0. The fourth-order valence-corrected chi connectivity index (χ4v) is 4.08. The molecular weight excluding hydrogens is 431 g/mol. The Labute approximate surface area is 189 Å². The number of rotatable bonds is 6. The van der Waals surface area contributed by atoms with Crippen molar-refractivity contribution in [3.05, 3.63) is 59.9 Å². The molecule has 2 aromatic rings. The topological polar surface area (TPSA) is 93.2 Å². The van der Waals surface area contributed by atoms with Crippen LogP contribution in [0.15, 0.2) is 48.5 Å². The van der Waals surface area contributed by atoms with Crippen molar-refractivity contribution in [2.45, 2.75) is 38.3 Å². The number of carbonyl (C=O) groups excluding carboxylic acids is 4. The van der Waals surface area contributed by atoms with Gasteiger partial charge in [0.2, 0.25) is 5.91 Å². The summed E-state index contributed by atoms with van der Waals surface area (Å²) in [6.45, 7) is 1.99. The van der Waals surface area contributed by atoms with Crippen LogP contribution in [0.25, 0.3) is 0 Å². The van der Waals surface area contributed by atoms with E-state index in [0.717, 1.165) is 17.7 Å². The lowest BCUT2D eigenvalue weighted by atomic mass is 10.1. The number of ether oxygens (including phenoxy) is 2. The van der Waals surface area contributed by atoms with Crippen LogP contribution in [0.2, 0.25) is 0 Å². The van der Waals surface area contributed by atoms with E-state index in [2.05, 4.69) is 0 Å². The van der Waals surface area contributed by atoms with Gasteiger partial charge in [-0.15, -0.1) is 0 Å². The first-order valence-electron chi connectivity index (χ1n) is 10.7. The van der Waals surface area contributed by atoms with E-state index >= 15 is 0 Å². The second-order valence-corrected chi connectivity index (χ2v) is 7.97. The van der Waals surface area contributed by atoms with Crippen LogP contribution in [-0.4, -0.2) is 53.9 Å². The lowest BCUT2D eigenvalue weighted by Gasteiger charge is -2.30. The largest absolute Gasteiger partial charge is 0.427 e. The predicted octanol–water partition coefficient (Wildman–Crippen LogP) is 2.70. The average Bonchev–Trinajstić information content (AvgIpc) is 3.40. The molecule has 2 fully saturated rings. The first-order valence-corrected chi connectivity index (χ1v) is 10.7. The maximum atomic E-state index is 13.4. The van der Waals surface area contributed by atoms with E-state index in [1.165, 1.54) is 60.4 Å². The lowest BCUT2D eigenvalue weighted by molar-refractivity contribution is -0.132. The molecule has 2 saturated heterocycles. The Morgan fingerprint density at radius 3 is 2.42 bits per heavy atom. The number of anilines is 1. The van der Waals surface area contributed by atoms with E-state index in [9.17, 15) is 23.6 Å². The van der Waals surface area contributed by atoms with Gasteiger partial charge < -0.3 is 14.4 Å². The Hall–Kier alpha value is -3.59.